The summed E-state index contributed by atoms with van der Waals surface area (Å²) in [6, 6.07) is 0. The Labute approximate surface area is 161 Å². The van der Waals surface area contributed by atoms with E-state index in [0.717, 1.165) is 19.3 Å². The van der Waals surface area contributed by atoms with Gasteiger partial charge in [0, 0.05) is 38.6 Å². The van der Waals surface area contributed by atoms with Crippen molar-refractivity contribution in [1.29, 1.82) is 0 Å². The SMILES string of the molecule is O=C(C1CC2CCC1O2)N1CCC(c2nc(C(F)(F)F)n3c2CNCC3)CC1. The fourth-order valence-electron chi connectivity index (χ4n) is 5.38. The summed E-state index contributed by atoms with van der Waals surface area (Å²) in [7, 11) is 0. The molecule has 4 aliphatic heterocycles. The van der Waals surface area contributed by atoms with Gasteiger partial charge in [-0.2, -0.15) is 13.2 Å². The van der Waals surface area contributed by atoms with E-state index in [2.05, 4.69) is 10.3 Å². The Morgan fingerprint density at radius 3 is 2.57 bits per heavy atom. The van der Waals surface area contributed by atoms with Crippen LogP contribution in [-0.4, -0.2) is 52.2 Å². The highest BCUT2D eigenvalue weighted by Crippen LogP contribution is 2.41. The van der Waals surface area contributed by atoms with Gasteiger partial charge in [-0.05, 0) is 32.1 Å². The first-order chi connectivity index (χ1) is 13.4. The third-order valence-corrected chi connectivity index (χ3v) is 6.78. The molecule has 1 aromatic rings. The first kappa shape index (κ1) is 18.4. The standard InChI is InChI=1S/C19H25F3N4O2/c20-19(21,22)18-24-16(14-10-23-5-8-26(14)18)11-3-6-25(7-4-11)17(27)13-9-12-1-2-15(13)28-12/h11-13,15,23H,1-10H2. The third kappa shape index (κ3) is 3.03. The quantitative estimate of drug-likeness (QED) is 0.831. The van der Waals surface area contributed by atoms with E-state index in [1.165, 1.54) is 4.57 Å². The van der Waals surface area contributed by atoms with Crippen LogP contribution in [0.4, 0.5) is 13.2 Å². The van der Waals surface area contributed by atoms with Gasteiger partial charge in [-0.15, -0.1) is 0 Å². The summed E-state index contributed by atoms with van der Waals surface area (Å²) in [5.41, 5.74) is 1.22. The zero-order valence-electron chi connectivity index (χ0n) is 15.7. The molecule has 154 valence electrons. The lowest BCUT2D eigenvalue weighted by atomic mass is 9.86. The summed E-state index contributed by atoms with van der Waals surface area (Å²) in [6.07, 6.45) is 0.0196. The highest BCUT2D eigenvalue weighted by atomic mass is 19.4. The molecule has 0 aliphatic carbocycles. The number of nitrogens with zero attached hydrogens (tertiary/aromatic N) is 3. The summed E-state index contributed by atoms with van der Waals surface area (Å²) in [6.45, 7) is 2.39. The van der Waals surface area contributed by atoms with Crippen LogP contribution in [0.5, 0.6) is 0 Å². The Hall–Kier alpha value is -1.61. The van der Waals surface area contributed by atoms with Crippen molar-refractivity contribution in [1.82, 2.24) is 19.8 Å². The molecule has 28 heavy (non-hydrogen) atoms. The Kier molecular flexibility index (Phi) is 4.42. The number of aromatic nitrogens is 2. The number of halogens is 3. The molecule has 1 N–H and O–H groups in total. The van der Waals surface area contributed by atoms with E-state index in [1.807, 2.05) is 4.90 Å². The predicted molar refractivity (Wildman–Crippen MR) is 93.5 cm³/mol. The molecule has 4 aliphatic rings. The molecule has 5 rings (SSSR count). The molecule has 0 spiro atoms. The zero-order chi connectivity index (χ0) is 19.5. The fraction of sp³-hybridized carbons (Fsp3) is 0.789. The molecular formula is C19H25F3N4O2. The van der Waals surface area contributed by atoms with Crippen LogP contribution in [-0.2, 0) is 28.8 Å². The van der Waals surface area contributed by atoms with Crippen LogP contribution >= 0.6 is 0 Å². The number of hydrogen-bond acceptors (Lipinski definition) is 4. The number of piperidine rings is 1. The largest absolute Gasteiger partial charge is 0.449 e. The predicted octanol–water partition coefficient (Wildman–Crippen LogP) is 2.28. The number of fused-ring (bicyclic) bond motifs is 3. The molecule has 1 aromatic heterocycles. The molecule has 0 aromatic carbocycles. The minimum atomic E-state index is -4.44. The van der Waals surface area contributed by atoms with Gasteiger partial charge in [-0.3, -0.25) is 4.79 Å². The Bertz CT molecular complexity index is 770. The molecular weight excluding hydrogens is 373 g/mol. The normalized spacial score (nSPS) is 30.7. The van der Waals surface area contributed by atoms with E-state index in [1.54, 1.807) is 0 Å². The number of nitrogens with one attached hydrogen (secondary N) is 1. The van der Waals surface area contributed by atoms with Crippen molar-refractivity contribution < 1.29 is 22.7 Å². The summed E-state index contributed by atoms with van der Waals surface area (Å²) in [4.78, 5) is 18.8. The molecule has 2 bridgehead atoms. The van der Waals surface area contributed by atoms with E-state index in [4.69, 9.17) is 4.74 Å². The second-order valence-electron chi connectivity index (χ2n) is 8.41. The molecule has 3 saturated heterocycles. The number of imidazole rings is 1. The average molecular weight is 398 g/mol. The molecule has 3 atom stereocenters. The van der Waals surface area contributed by atoms with Crippen molar-refractivity contribution in [2.75, 3.05) is 19.6 Å². The second-order valence-corrected chi connectivity index (χ2v) is 8.41. The van der Waals surface area contributed by atoms with Crippen molar-refractivity contribution in [2.24, 2.45) is 5.92 Å². The van der Waals surface area contributed by atoms with Gasteiger partial charge < -0.3 is 19.5 Å². The van der Waals surface area contributed by atoms with Gasteiger partial charge >= 0.3 is 6.18 Å². The van der Waals surface area contributed by atoms with Gasteiger partial charge in [0.05, 0.1) is 29.5 Å². The maximum Gasteiger partial charge on any atom is 0.449 e. The minimum absolute atomic E-state index is 0.0300. The number of likely N-dealkylation sites (tertiary alicyclic amines) is 1. The molecule has 1 amide bonds. The fourth-order valence-corrected chi connectivity index (χ4v) is 5.38. The highest BCUT2D eigenvalue weighted by molar-refractivity contribution is 5.80. The van der Waals surface area contributed by atoms with Gasteiger partial charge in [0.2, 0.25) is 11.7 Å². The Morgan fingerprint density at radius 2 is 1.93 bits per heavy atom. The van der Waals surface area contributed by atoms with Crippen LogP contribution in [0.2, 0.25) is 0 Å². The lowest BCUT2D eigenvalue weighted by molar-refractivity contribution is -0.147. The van der Waals surface area contributed by atoms with Crippen molar-refractivity contribution >= 4 is 5.91 Å². The van der Waals surface area contributed by atoms with Gasteiger partial charge in [0.1, 0.15) is 0 Å². The smallest absolute Gasteiger partial charge is 0.374 e. The number of ether oxygens (including phenoxy) is 1. The second kappa shape index (κ2) is 6.73. The summed E-state index contributed by atoms with van der Waals surface area (Å²) in [5, 5.41) is 3.16. The average Bonchev–Trinajstić information content (AvgIpc) is 3.41. The van der Waals surface area contributed by atoms with Gasteiger partial charge in [-0.25, -0.2) is 4.98 Å². The topological polar surface area (TPSA) is 59.4 Å². The van der Waals surface area contributed by atoms with Crippen molar-refractivity contribution in [3.05, 3.63) is 17.2 Å². The van der Waals surface area contributed by atoms with Crippen molar-refractivity contribution in [3.63, 3.8) is 0 Å². The molecule has 0 saturated carbocycles. The molecule has 9 heteroatoms. The molecule has 3 unspecified atom stereocenters. The first-order valence-corrected chi connectivity index (χ1v) is 10.2. The number of carbonyl (C=O) groups is 1. The first-order valence-electron chi connectivity index (χ1n) is 10.2. The zero-order valence-corrected chi connectivity index (χ0v) is 15.7. The van der Waals surface area contributed by atoms with Crippen molar-refractivity contribution in [2.45, 2.75) is 69.5 Å². The van der Waals surface area contributed by atoms with Crippen LogP contribution in [0.3, 0.4) is 0 Å². The van der Waals surface area contributed by atoms with Crippen LogP contribution in [0.1, 0.15) is 55.2 Å². The number of amides is 1. The van der Waals surface area contributed by atoms with E-state index < -0.39 is 12.0 Å². The van der Waals surface area contributed by atoms with Gasteiger partial charge in [-0.1, -0.05) is 0 Å². The maximum absolute atomic E-state index is 13.4. The summed E-state index contributed by atoms with van der Waals surface area (Å²) in [5.74, 6) is -0.680. The van der Waals surface area contributed by atoms with Crippen LogP contribution < -0.4 is 5.32 Å². The minimum Gasteiger partial charge on any atom is -0.374 e. The van der Waals surface area contributed by atoms with E-state index in [9.17, 15) is 18.0 Å². The molecule has 6 nitrogen and oxygen atoms in total. The van der Waals surface area contributed by atoms with E-state index >= 15 is 0 Å². The van der Waals surface area contributed by atoms with E-state index in [-0.39, 0.29) is 30.0 Å². The van der Waals surface area contributed by atoms with Crippen molar-refractivity contribution in [3.8, 4) is 0 Å². The summed E-state index contributed by atoms with van der Waals surface area (Å²) >= 11 is 0. The maximum atomic E-state index is 13.4. The van der Waals surface area contributed by atoms with Gasteiger partial charge in [0.25, 0.3) is 0 Å². The Balaban J connectivity index is 1.29. The monoisotopic (exact) mass is 398 g/mol. The number of hydrogen-bond donors (Lipinski definition) is 1. The highest BCUT2D eigenvalue weighted by Gasteiger charge is 2.46. The van der Waals surface area contributed by atoms with Crippen LogP contribution in [0.15, 0.2) is 0 Å². The summed E-state index contributed by atoms with van der Waals surface area (Å²) < 4.78 is 47.3. The number of carbonyl (C=O) groups excluding carboxylic acids is 1. The van der Waals surface area contributed by atoms with Crippen LogP contribution in [0.25, 0.3) is 0 Å². The van der Waals surface area contributed by atoms with Crippen LogP contribution in [0, 0.1) is 5.92 Å². The number of alkyl halides is 3. The van der Waals surface area contributed by atoms with Gasteiger partial charge in [0.15, 0.2) is 0 Å². The third-order valence-electron chi connectivity index (χ3n) is 6.78. The molecule has 0 radical (unpaired) electrons. The lowest BCUT2D eigenvalue weighted by Crippen LogP contribution is -2.44. The molecule has 3 fully saturated rings. The van der Waals surface area contributed by atoms with E-state index in [0.29, 0.717) is 57.0 Å². The Morgan fingerprint density at radius 1 is 1.14 bits per heavy atom. The number of rotatable bonds is 2. The lowest BCUT2D eigenvalue weighted by Gasteiger charge is -2.34. The molecule has 5 heterocycles.